The van der Waals surface area contributed by atoms with Gasteiger partial charge in [0.15, 0.2) is 0 Å². The lowest BCUT2D eigenvalue weighted by molar-refractivity contribution is -0.143. The van der Waals surface area contributed by atoms with Crippen molar-refractivity contribution in [1.82, 2.24) is 4.90 Å². The van der Waals surface area contributed by atoms with Gasteiger partial charge in [0.2, 0.25) is 0 Å². The number of carbonyl (C=O) groups is 1. The molecule has 98 valence electrons. The highest BCUT2D eigenvalue weighted by Gasteiger charge is 2.35. The third-order valence-electron chi connectivity index (χ3n) is 4.59. The van der Waals surface area contributed by atoms with Crippen LogP contribution in [0, 0.1) is 17.8 Å². The smallest absolute Gasteiger partial charge is 0.306 e. The lowest BCUT2D eigenvalue weighted by Gasteiger charge is -2.33. The summed E-state index contributed by atoms with van der Waals surface area (Å²) in [6.45, 7) is 4.53. The molecule has 4 nitrogen and oxygen atoms in total. The van der Waals surface area contributed by atoms with Gasteiger partial charge in [-0.05, 0) is 37.5 Å². The van der Waals surface area contributed by atoms with Gasteiger partial charge < -0.3 is 10.2 Å². The Morgan fingerprint density at radius 3 is 2.35 bits per heavy atom. The van der Waals surface area contributed by atoms with E-state index in [-0.39, 0.29) is 12.5 Å². The summed E-state index contributed by atoms with van der Waals surface area (Å²) in [7, 11) is 0. The fourth-order valence-electron chi connectivity index (χ4n) is 3.30. The molecule has 2 aliphatic rings. The van der Waals surface area contributed by atoms with Crippen LogP contribution >= 0.6 is 0 Å². The Morgan fingerprint density at radius 2 is 1.88 bits per heavy atom. The van der Waals surface area contributed by atoms with E-state index in [9.17, 15) is 9.90 Å². The summed E-state index contributed by atoms with van der Waals surface area (Å²) in [6, 6.07) is 0.546. The number of nitrogens with zero attached hydrogens (tertiary/aromatic N) is 1. The molecule has 2 fully saturated rings. The van der Waals surface area contributed by atoms with Crippen LogP contribution in [0.4, 0.5) is 0 Å². The van der Waals surface area contributed by atoms with E-state index >= 15 is 0 Å². The monoisotopic (exact) mass is 241 g/mol. The number of rotatable bonds is 3. The van der Waals surface area contributed by atoms with Crippen molar-refractivity contribution >= 4 is 5.97 Å². The molecular weight excluding hydrogens is 218 g/mol. The van der Waals surface area contributed by atoms with Crippen molar-refractivity contribution in [2.75, 3.05) is 19.7 Å². The van der Waals surface area contributed by atoms with Crippen LogP contribution in [-0.4, -0.2) is 46.8 Å². The van der Waals surface area contributed by atoms with Gasteiger partial charge in [-0.25, -0.2) is 0 Å². The maximum Gasteiger partial charge on any atom is 0.306 e. The molecule has 0 aromatic heterocycles. The third kappa shape index (κ3) is 2.80. The van der Waals surface area contributed by atoms with Gasteiger partial charge in [-0.15, -0.1) is 0 Å². The Labute approximate surface area is 103 Å². The van der Waals surface area contributed by atoms with Gasteiger partial charge >= 0.3 is 5.97 Å². The molecule has 2 N–H and O–H groups in total. The highest BCUT2D eigenvalue weighted by molar-refractivity contribution is 5.70. The average molecular weight is 241 g/mol. The minimum atomic E-state index is -0.633. The molecule has 0 unspecified atom stereocenters. The van der Waals surface area contributed by atoms with E-state index in [1.54, 1.807) is 0 Å². The maximum absolute atomic E-state index is 10.9. The maximum atomic E-state index is 10.9. The third-order valence-corrected chi connectivity index (χ3v) is 4.59. The highest BCUT2D eigenvalue weighted by atomic mass is 16.4. The van der Waals surface area contributed by atoms with E-state index in [1.807, 2.05) is 0 Å². The van der Waals surface area contributed by atoms with Crippen LogP contribution in [0.1, 0.15) is 32.6 Å². The van der Waals surface area contributed by atoms with Crippen LogP contribution in [0.25, 0.3) is 0 Å². The summed E-state index contributed by atoms with van der Waals surface area (Å²) >= 11 is 0. The Hall–Kier alpha value is -0.610. The van der Waals surface area contributed by atoms with E-state index in [0.29, 0.717) is 17.9 Å². The van der Waals surface area contributed by atoms with Crippen molar-refractivity contribution in [2.24, 2.45) is 17.8 Å². The van der Waals surface area contributed by atoms with Crippen LogP contribution in [-0.2, 0) is 4.79 Å². The van der Waals surface area contributed by atoms with E-state index in [1.165, 1.54) is 0 Å². The van der Waals surface area contributed by atoms with Gasteiger partial charge in [0.05, 0.1) is 5.92 Å². The molecule has 0 spiro atoms. The van der Waals surface area contributed by atoms with Crippen molar-refractivity contribution in [2.45, 2.75) is 38.6 Å². The Kier molecular flexibility index (Phi) is 4.05. The summed E-state index contributed by atoms with van der Waals surface area (Å²) in [5.74, 6) is 0.218. The van der Waals surface area contributed by atoms with E-state index in [2.05, 4.69) is 11.8 Å². The zero-order valence-corrected chi connectivity index (χ0v) is 10.5. The fourth-order valence-corrected chi connectivity index (χ4v) is 3.30. The topological polar surface area (TPSA) is 60.8 Å². The number of carboxylic acid groups (broad SMARTS) is 1. The number of aliphatic hydroxyl groups excluding tert-OH is 1. The predicted octanol–water partition coefficient (Wildman–Crippen LogP) is 1.19. The van der Waals surface area contributed by atoms with Crippen LogP contribution in [0.5, 0.6) is 0 Å². The van der Waals surface area contributed by atoms with Crippen molar-refractivity contribution in [3.05, 3.63) is 0 Å². The van der Waals surface area contributed by atoms with Gasteiger partial charge in [0, 0.05) is 25.7 Å². The molecule has 4 heteroatoms. The normalized spacial score (nSPS) is 39.4. The lowest BCUT2D eigenvalue weighted by Crippen LogP contribution is -2.38. The molecule has 1 saturated carbocycles. The van der Waals surface area contributed by atoms with Gasteiger partial charge in [0.1, 0.15) is 0 Å². The molecule has 2 atom stereocenters. The first-order valence-corrected chi connectivity index (χ1v) is 6.69. The van der Waals surface area contributed by atoms with E-state index < -0.39 is 5.97 Å². The quantitative estimate of drug-likeness (QED) is 0.779. The van der Waals surface area contributed by atoms with Crippen molar-refractivity contribution in [1.29, 1.82) is 0 Å². The molecule has 0 bridgehead atoms. The second-order valence-corrected chi connectivity index (χ2v) is 5.72. The first-order valence-electron chi connectivity index (χ1n) is 6.69. The molecule has 0 amide bonds. The number of hydrogen-bond donors (Lipinski definition) is 2. The van der Waals surface area contributed by atoms with Crippen molar-refractivity contribution in [3.8, 4) is 0 Å². The molecule has 0 aromatic rings. The van der Waals surface area contributed by atoms with Gasteiger partial charge in [-0.1, -0.05) is 6.92 Å². The van der Waals surface area contributed by atoms with Crippen LogP contribution in [0.15, 0.2) is 0 Å². The van der Waals surface area contributed by atoms with Crippen molar-refractivity contribution < 1.29 is 15.0 Å². The predicted molar refractivity (Wildman–Crippen MR) is 64.7 cm³/mol. The minimum absolute atomic E-state index is 0.125. The molecule has 17 heavy (non-hydrogen) atoms. The largest absolute Gasteiger partial charge is 0.481 e. The summed E-state index contributed by atoms with van der Waals surface area (Å²) in [5, 5.41) is 18.2. The second-order valence-electron chi connectivity index (χ2n) is 5.72. The zero-order chi connectivity index (χ0) is 12.4. The molecule has 0 aromatic carbocycles. The number of likely N-dealkylation sites (tertiary alicyclic amines) is 1. The number of carboxylic acids is 1. The highest BCUT2D eigenvalue weighted by Crippen LogP contribution is 2.32. The molecule has 2 rings (SSSR count). The standard InChI is InChI=1S/C13H23NO3/c1-9-6-14(7-11(9)8-15)12-4-2-10(3-5-12)13(16)17/h9-12,15H,2-8H2,1H3,(H,16,17)/t9-,10?,11+,12?/m1/s1. The zero-order valence-electron chi connectivity index (χ0n) is 10.5. The van der Waals surface area contributed by atoms with Gasteiger partial charge in [0.25, 0.3) is 0 Å². The van der Waals surface area contributed by atoms with Gasteiger partial charge in [-0.3, -0.25) is 9.69 Å². The number of aliphatic carboxylic acids is 1. The molecule has 1 aliphatic carbocycles. The summed E-state index contributed by atoms with van der Waals surface area (Å²) < 4.78 is 0. The lowest BCUT2D eigenvalue weighted by atomic mass is 9.85. The summed E-state index contributed by atoms with van der Waals surface area (Å²) in [4.78, 5) is 13.3. The Bertz CT molecular complexity index is 274. The number of aliphatic hydroxyl groups is 1. The Morgan fingerprint density at radius 1 is 1.24 bits per heavy atom. The SMILES string of the molecule is C[C@@H]1CN(C2CCC(C(=O)O)CC2)C[C@H]1CO. The van der Waals surface area contributed by atoms with Crippen LogP contribution < -0.4 is 0 Å². The van der Waals surface area contributed by atoms with Crippen molar-refractivity contribution in [3.63, 3.8) is 0 Å². The molecule has 1 saturated heterocycles. The minimum Gasteiger partial charge on any atom is -0.481 e. The summed E-state index contributed by atoms with van der Waals surface area (Å²) in [5.41, 5.74) is 0. The summed E-state index contributed by atoms with van der Waals surface area (Å²) in [6.07, 6.45) is 3.63. The fraction of sp³-hybridized carbons (Fsp3) is 0.923. The number of hydrogen-bond acceptors (Lipinski definition) is 3. The van der Waals surface area contributed by atoms with Crippen LogP contribution in [0.3, 0.4) is 0 Å². The first kappa shape index (κ1) is 12.8. The Balaban J connectivity index is 1.84. The average Bonchev–Trinajstić information content (AvgIpc) is 2.70. The molecule has 1 heterocycles. The van der Waals surface area contributed by atoms with E-state index in [4.69, 9.17) is 5.11 Å². The van der Waals surface area contributed by atoms with Crippen LogP contribution in [0.2, 0.25) is 0 Å². The second kappa shape index (κ2) is 5.36. The van der Waals surface area contributed by atoms with E-state index in [0.717, 1.165) is 38.8 Å². The first-order chi connectivity index (χ1) is 8.11. The molecular formula is C13H23NO3. The molecule has 0 radical (unpaired) electrons. The molecule has 1 aliphatic heterocycles. The van der Waals surface area contributed by atoms with Gasteiger partial charge in [-0.2, -0.15) is 0 Å².